The quantitative estimate of drug-likeness (QED) is 0.740. The average Bonchev–Trinajstić information content (AvgIpc) is 3.02. The first-order chi connectivity index (χ1) is 12.3. The van der Waals surface area contributed by atoms with Crippen LogP contribution < -0.4 is 9.62 Å². The zero-order valence-corrected chi connectivity index (χ0v) is 17.0. The number of para-hydroxylation sites is 1. The minimum Gasteiger partial charge on any atom is -0.299 e. The fourth-order valence-electron chi connectivity index (χ4n) is 2.60. The summed E-state index contributed by atoms with van der Waals surface area (Å²) < 4.78 is 25.4. The standard InChI is InChI=1S/C17H24N4O3S2/c1-5-13(6-2)16-19-20-17(25-16)18-15(22)11-21(26(4,23)24)14-10-8-7-9-12(14)3/h7-10,13H,5-6,11H2,1-4H3,(H,18,20,22). The molecule has 0 spiro atoms. The molecular formula is C17H24N4O3S2. The van der Waals surface area contributed by atoms with Crippen LogP contribution in [-0.4, -0.2) is 37.3 Å². The van der Waals surface area contributed by atoms with E-state index in [1.807, 2.05) is 6.07 Å². The molecule has 9 heteroatoms. The lowest BCUT2D eigenvalue weighted by Crippen LogP contribution is -2.37. The molecule has 0 aliphatic carbocycles. The van der Waals surface area contributed by atoms with Crippen molar-refractivity contribution in [3.63, 3.8) is 0 Å². The molecule has 0 saturated heterocycles. The predicted molar refractivity (Wildman–Crippen MR) is 105 cm³/mol. The molecule has 1 aromatic carbocycles. The number of aryl methyl sites for hydroxylation is 1. The molecule has 1 heterocycles. The van der Waals surface area contributed by atoms with Crippen molar-refractivity contribution in [2.24, 2.45) is 0 Å². The Bertz CT molecular complexity index is 860. The summed E-state index contributed by atoms with van der Waals surface area (Å²) >= 11 is 1.33. The van der Waals surface area contributed by atoms with E-state index in [0.717, 1.165) is 34.0 Å². The molecule has 0 aliphatic rings. The third-order valence-corrected chi connectivity index (χ3v) is 6.22. The zero-order chi connectivity index (χ0) is 19.3. The summed E-state index contributed by atoms with van der Waals surface area (Å²) in [7, 11) is -3.60. The van der Waals surface area contributed by atoms with Gasteiger partial charge in [-0.15, -0.1) is 10.2 Å². The molecule has 0 unspecified atom stereocenters. The van der Waals surface area contributed by atoms with Crippen molar-refractivity contribution in [1.82, 2.24) is 10.2 Å². The van der Waals surface area contributed by atoms with Crippen LogP contribution in [0.2, 0.25) is 0 Å². The van der Waals surface area contributed by atoms with Gasteiger partial charge in [-0.2, -0.15) is 0 Å². The maximum atomic E-state index is 12.4. The minimum absolute atomic E-state index is 0.316. The summed E-state index contributed by atoms with van der Waals surface area (Å²) in [5.74, 6) is -0.136. The van der Waals surface area contributed by atoms with Gasteiger partial charge in [-0.25, -0.2) is 8.42 Å². The smallest absolute Gasteiger partial charge is 0.246 e. The van der Waals surface area contributed by atoms with Gasteiger partial charge in [0.1, 0.15) is 11.6 Å². The number of sulfonamides is 1. The highest BCUT2D eigenvalue weighted by atomic mass is 32.2. The second kappa shape index (κ2) is 8.59. The highest BCUT2D eigenvalue weighted by Gasteiger charge is 2.23. The molecule has 7 nitrogen and oxygen atoms in total. The van der Waals surface area contributed by atoms with Crippen LogP contribution in [0.4, 0.5) is 10.8 Å². The molecule has 142 valence electrons. The van der Waals surface area contributed by atoms with E-state index in [4.69, 9.17) is 0 Å². The lowest BCUT2D eigenvalue weighted by molar-refractivity contribution is -0.114. The van der Waals surface area contributed by atoms with E-state index >= 15 is 0 Å². The van der Waals surface area contributed by atoms with Gasteiger partial charge in [0, 0.05) is 5.92 Å². The summed E-state index contributed by atoms with van der Waals surface area (Å²) in [6.45, 7) is 5.65. The number of benzene rings is 1. The third kappa shape index (κ3) is 5.01. The van der Waals surface area contributed by atoms with Crippen molar-refractivity contribution in [2.45, 2.75) is 39.5 Å². The number of carbonyl (C=O) groups excluding carboxylic acids is 1. The molecule has 1 aromatic heterocycles. The summed E-state index contributed by atoms with van der Waals surface area (Å²) in [5, 5.41) is 12.1. The van der Waals surface area contributed by atoms with Crippen molar-refractivity contribution < 1.29 is 13.2 Å². The molecule has 0 atom stereocenters. The van der Waals surface area contributed by atoms with Crippen LogP contribution in [0.5, 0.6) is 0 Å². The number of nitrogens with zero attached hydrogens (tertiary/aromatic N) is 3. The summed E-state index contributed by atoms with van der Waals surface area (Å²) in [6, 6.07) is 7.04. The van der Waals surface area contributed by atoms with Crippen LogP contribution >= 0.6 is 11.3 Å². The van der Waals surface area contributed by atoms with Gasteiger partial charge < -0.3 is 0 Å². The molecule has 0 aliphatic heterocycles. The Hall–Kier alpha value is -2.00. The van der Waals surface area contributed by atoms with E-state index in [1.54, 1.807) is 25.1 Å². The normalized spacial score (nSPS) is 11.6. The topological polar surface area (TPSA) is 92.3 Å². The molecule has 1 N–H and O–H groups in total. The van der Waals surface area contributed by atoms with Crippen molar-refractivity contribution in [1.29, 1.82) is 0 Å². The fourth-order valence-corrected chi connectivity index (χ4v) is 4.54. The molecule has 1 amide bonds. The van der Waals surface area contributed by atoms with E-state index < -0.39 is 15.9 Å². The van der Waals surface area contributed by atoms with E-state index in [2.05, 4.69) is 29.4 Å². The number of nitrogens with one attached hydrogen (secondary N) is 1. The number of rotatable bonds is 8. The van der Waals surface area contributed by atoms with Gasteiger partial charge in [-0.3, -0.25) is 14.4 Å². The van der Waals surface area contributed by atoms with Crippen LogP contribution in [0.3, 0.4) is 0 Å². The molecule has 0 fully saturated rings. The van der Waals surface area contributed by atoms with Gasteiger partial charge in [-0.05, 0) is 31.4 Å². The fraction of sp³-hybridized carbons (Fsp3) is 0.471. The number of carbonyl (C=O) groups is 1. The molecule has 0 bridgehead atoms. The average molecular weight is 397 g/mol. The van der Waals surface area contributed by atoms with E-state index in [0.29, 0.717) is 16.7 Å². The first-order valence-electron chi connectivity index (χ1n) is 8.42. The second-order valence-corrected chi connectivity index (χ2v) is 8.98. The summed E-state index contributed by atoms with van der Waals surface area (Å²) in [4.78, 5) is 12.4. The molecule has 0 saturated carbocycles. The number of hydrogen-bond acceptors (Lipinski definition) is 6. The summed E-state index contributed by atoms with van der Waals surface area (Å²) in [6.07, 6.45) is 2.99. The number of hydrogen-bond donors (Lipinski definition) is 1. The van der Waals surface area contributed by atoms with Crippen LogP contribution in [0.25, 0.3) is 0 Å². The minimum atomic E-state index is -3.60. The number of anilines is 2. The molecular weight excluding hydrogens is 372 g/mol. The predicted octanol–water partition coefficient (Wildman–Crippen LogP) is 3.15. The Kier molecular flexibility index (Phi) is 6.71. The van der Waals surface area contributed by atoms with Gasteiger partial charge in [0.05, 0.1) is 11.9 Å². The van der Waals surface area contributed by atoms with Crippen molar-refractivity contribution in [3.05, 3.63) is 34.8 Å². The van der Waals surface area contributed by atoms with E-state index in [-0.39, 0.29) is 6.54 Å². The molecule has 2 aromatic rings. The Morgan fingerprint density at radius 3 is 2.46 bits per heavy atom. The SMILES string of the molecule is CCC(CC)c1nnc(NC(=O)CN(c2ccccc2C)S(C)(=O)=O)s1. The Labute approximate surface area is 158 Å². The lowest BCUT2D eigenvalue weighted by Gasteiger charge is -2.23. The molecule has 2 rings (SSSR count). The monoisotopic (exact) mass is 396 g/mol. The second-order valence-electron chi connectivity index (χ2n) is 6.06. The number of amides is 1. The summed E-state index contributed by atoms with van der Waals surface area (Å²) in [5.41, 5.74) is 1.26. The van der Waals surface area contributed by atoms with E-state index in [9.17, 15) is 13.2 Å². The largest absolute Gasteiger partial charge is 0.299 e. The highest BCUT2D eigenvalue weighted by molar-refractivity contribution is 7.92. The van der Waals surface area contributed by atoms with Crippen LogP contribution in [0, 0.1) is 6.92 Å². The van der Waals surface area contributed by atoms with Crippen molar-refractivity contribution in [2.75, 3.05) is 22.4 Å². The first kappa shape index (κ1) is 20.3. The van der Waals surface area contributed by atoms with Gasteiger partial charge in [0.2, 0.25) is 21.1 Å². The van der Waals surface area contributed by atoms with Gasteiger partial charge in [0.25, 0.3) is 0 Å². The van der Waals surface area contributed by atoms with E-state index in [1.165, 1.54) is 11.3 Å². The maximum absolute atomic E-state index is 12.4. The highest BCUT2D eigenvalue weighted by Crippen LogP contribution is 2.28. The van der Waals surface area contributed by atoms with Crippen LogP contribution in [0.1, 0.15) is 43.2 Å². The lowest BCUT2D eigenvalue weighted by atomic mass is 10.1. The Morgan fingerprint density at radius 2 is 1.88 bits per heavy atom. The van der Waals surface area contributed by atoms with Gasteiger partial charge >= 0.3 is 0 Å². The third-order valence-electron chi connectivity index (χ3n) is 4.09. The maximum Gasteiger partial charge on any atom is 0.246 e. The molecule has 26 heavy (non-hydrogen) atoms. The first-order valence-corrected chi connectivity index (χ1v) is 11.1. The van der Waals surface area contributed by atoms with Gasteiger partial charge in [-0.1, -0.05) is 43.4 Å². The van der Waals surface area contributed by atoms with Crippen LogP contribution in [0.15, 0.2) is 24.3 Å². The number of aromatic nitrogens is 2. The van der Waals surface area contributed by atoms with Crippen molar-refractivity contribution >= 4 is 38.1 Å². The van der Waals surface area contributed by atoms with Crippen molar-refractivity contribution in [3.8, 4) is 0 Å². The van der Waals surface area contributed by atoms with Crippen LogP contribution in [-0.2, 0) is 14.8 Å². The Balaban J connectivity index is 2.15. The van der Waals surface area contributed by atoms with Gasteiger partial charge in [0.15, 0.2) is 0 Å². The Morgan fingerprint density at radius 1 is 1.23 bits per heavy atom. The molecule has 0 radical (unpaired) electrons. The zero-order valence-electron chi connectivity index (χ0n) is 15.4.